The molecule has 0 saturated carbocycles. The van der Waals surface area contributed by atoms with Gasteiger partial charge in [0.2, 0.25) is 0 Å². The molecule has 0 radical (unpaired) electrons. The Morgan fingerprint density at radius 2 is 1.73 bits per heavy atom. The molecule has 1 fully saturated rings. The summed E-state index contributed by atoms with van der Waals surface area (Å²) >= 11 is 0. The van der Waals surface area contributed by atoms with Crippen LogP contribution in [0.25, 0.3) is 0 Å². The summed E-state index contributed by atoms with van der Waals surface area (Å²) in [4.78, 5) is 13.9. The van der Waals surface area contributed by atoms with Crippen LogP contribution in [0.4, 0.5) is 11.5 Å². The van der Waals surface area contributed by atoms with Gasteiger partial charge in [0, 0.05) is 44.0 Å². The number of aryl methyl sites for hydroxylation is 1. The van der Waals surface area contributed by atoms with Crippen LogP contribution in [0.5, 0.6) is 0 Å². The number of hydrogen-bond donors (Lipinski definition) is 0. The van der Waals surface area contributed by atoms with Crippen LogP contribution in [0.15, 0.2) is 36.5 Å². The molecule has 0 amide bonds. The molecule has 116 valence electrons. The molecular weight excluding hydrogens is 272 g/mol. The lowest BCUT2D eigenvalue weighted by Crippen LogP contribution is -2.46. The van der Waals surface area contributed by atoms with Crippen molar-refractivity contribution in [1.29, 1.82) is 0 Å². The summed E-state index contributed by atoms with van der Waals surface area (Å²) in [7, 11) is 0. The van der Waals surface area contributed by atoms with E-state index in [1.807, 2.05) is 12.3 Å². The van der Waals surface area contributed by atoms with Crippen molar-refractivity contribution in [2.45, 2.75) is 26.7 Å². The standard InChI is InChI=1S/C18H24N4/c1-14(2)18-19-8-7-17(20-18)22-11-9-21(10-12-22)16-6-4-5-15(3)13-16/h4-8,13-14H,9-12H2,1-3H3. The second kappa shape index (κ2) is 6.34. The van der Waals surface area contributed by atoms with E-state index >= 15 is 0 Å². The fourth-order valence-electron chi connectivity index (χ4n) is 2.84. The van der Waals surface area contributed by atoms with E-state index in [0.29, 0.717) is 5.92 Å². The molecule has 0 aliphatic carbocycles. The largest absolute Gasteiger partial charge is 0.368 e. The Morgan fingerprint density at radius 1 is 1.00 bits per heavy atom. The summed E-state index contributed by atoms with van der Waals surface area (Å²) in [6.07, 6.45) is 1.88. The van der Waals surface area contributed by atoms with Crippen molar-refractivity contribution >= 4 is 11.5 Å². The maximum atomic E-state index is 4.70. The lowest BCUT2D eigenvalue weighted by atomic mass is 10.2. The fraction of sp³-hybridized carbons (Fsp3) is 0.444. The number of piperazine rings is 1. The summed E-state index contributed by atoms with van der Waals surface area (Å²) in [6.45, 7) is 10.5. The highest BCUT2D eigenvalue weighted by Crippen LogP contribution is 2.21. The second-order valence-corrected chi connectivity index (χ2v) is 6.24. The number of nitrogens with zero attached hydrogens (tertiary/aromatic N) is 4. The highest BCUT2D eigenvalue weighted by atomic mass is 15.3. The number of rotatable bonds is 3. The maximum absolute atomic E-state index is 4.70. The maximum Gasteiger partial charge on any atom is 0.133 e. The van der Waals surface area contributed by atoms with Crippen molar-refractivity contribution in [1.82, 2.24) is 9.97 Å². The number of anilines is 2. The Morgan fingerprint density at radius 3 is 2.41 bits per heavy atom. The van der Waals surface area contributed by atoms with E-state index in [9.17, 15) is 0 Å². The third-order valence-corrected chi connectivity index (χ3v) is 4.15. The van der Waals surface area contributed by atoms with E-state index < -0.39 is 0 Å². The van der Waals surface area contributed by atoms with Gasteiger partial charge in [0.15, 0.2) is 0 Å². The third kappa shape index (κ3) is 3.21. The lowest BCUT2D eigenvalue weighted by Gasteiger charge is -2.37. The predicted octanol–water partition coefficient (Wildman–Crippen LogP) is 3.24. The summed E-state index contributed by atoms with van der Waals surface area (Å²) in [5, 5.41) is 0. The molecule has 0 atom stereocenters. The molecule has 4 nitrogen and oxygen atoms in total. The highest BCUT2D eigenvalue weighted by molar-refractivity contribution is 5.50. The smallest absolute Gasteiger partial charge is 0.133 e. The normalized spacial score (nSPS) is 15.5. The molecule has 22 heavy (non-hydrogen) atoms. The van der Waals surface area contributed by atoms with E-state index in [1.54, 1.807) is 0 Å². The van der Waals surface area contributed by atoms with E-state index in [1.165, 1.54) is 11.3 Å². The van der Waals surface area contributed by atoms with E-state index in [0.717, 1.165) is 37.8 Å². The van der Waals surface area contributed by atoms with Crippen LogP contribution in [0.1, 0.15) is 31.2 Å². The van der Waals surface area contributed by atoms with Crippen LogP contribution in [-0.2, 0) is 0 Å². The average molecular weight is 296 g/mol. The molecule has 2 heterocycles. The molecule has 2 aromatic rings. The van der Waals surface area contributed by atoms with Gasteiger partial charge in [-0.05, 0) is 30.7 Å². The van der Waals surface area contributed by atoms with Crippen LogP contribution in [0, 0.1) is 6.92 Å². The predicted molar refractivity (Wildman–Crippen MR) is 91.7 cm³/mol. The molecule has 3 rings (SSSR count). The minimum Gasteiger partial charge on any atom is -0.368 e. The molecule has 0 N–H and O–H groups in total. The van der Waals surface area contributed by atoms with Crippen LogP contribution >= 0.6 is 0 Å². The summed E-state index contributed by atoms with van der Waals surface area (Å²) < 4.78 is 0. The molecule has 1 aliphatic heterocycles. The quantitative estimate of drug-likeness (QED) is 0.870. The summed E-state index contributed by atoms with van der Waals surface area (Å²) in [5.41, 5.74) is 2.64. The molecule has 1 aromatic heterocycles. The molecular formula is C18H24N4. The van der Waals surface area contributed by atoms with Crippen LogP contribution in [0.2, 0.25) is 0 Å². The van der Waals surface area contributed by atoms with Crippen LogP contribution in [0.3, 0.4) is 0 Å². The molecule has 1 saturated heterocycles. The van der Waals surface area contributed by atoms with E-state index in [2.05, 4.69) is 59.8 Å². The molecule has 0 unspecified atom stereocenters. The molecule has 0 spiro atoms. The first kappa shape index (κ1) is 14.8. The number of hydrogen-bond acceptors (Lipinski definition) is 4. The Hall–Kier alpha value is -2.10. The van der Waals surface area contributed by atoms with Crippen molar-refractivity contribution in [3.8, 4) is 0 Å². The van der Waals surface area contributed by atoms with Crippen molar-refractivity contribution in [3.05, 3.63) is 47.9 Å². The highest BCUT2D eigenvalue weighted by Gasteiger charge is 2.19. The molecule has 4 heteroatoms. The van der Waals surface area contributed by atoms with Gasteiger partial charge in [-0.1, -0.05) is 26.0 Å². The van der Waals surface area contributed by atoms with Gasteiger partial charge in [-0.2, -0.15) is 0 Å². The number of aromatic nitrogens is 2. The molecule has 1 aromatic carbocycles. The first-order valence-corrected chi connectivity index (χ1v) is 8.03. The topological polar surface area (TPSA) is 32.3 Å². The zero-order valence-corrected chi connectivity index (χ0v) is 13.7. The van der Waals surface area contributed by atoms with Crippen molar-refractivity contribution in [2.24, 2.45) is 0 Å². The van der Waals surface area contributed by atoms with Crippen LogP contribution < -0.4 is 9.80 Å². The van der Waals surface area contributed by atoms with Crippen molar-refractivity contribution in [2.75, 3.05) is 36.0 Å². The Bertz CT molecular complexity index is 630. The summed E-state index contributed by atoms with van der Waals surface area (Å²) in [5.74, 6) is 2.36. The van der Waals surface area contributed by atoms with Gasteiger partial charge in [-0.25, -0.2) is 9.97 Å². The minimum atomic E-state index is 0.369. The minimum absolute atomic E-state index is 0.369. The SMILES string of the molecule is Cc1cccc(N2CCN(c3ccnc(C(C)C)n3)CC2)c1. The van der Waals surface area contributed by atoms with Crippen molar-refractivity contribution < 1.29 is 0 Å². The first-order chi connectivity index (χ1) is 10.6. The van der Waals surface area contributed by atoms with Gasteiger partial charge >= 0.3 is 0 Å². The van der Waals surface area contributed by atoms with Gasteiger partial charge in [0.05, 0.1) is 0 Å². The van der Waals surface area contributed by atoms with Gasteiger partial charge in [-0.15, -0.1) is 0 Å². The third-order valence-electron chi connectivity index (χ3n) is 4.15. The molecule has 1 aliphatic rings. The first-order valence-electron chi connectivity index (χ1n) is 8.03. The zero-order valence-electron chi connectivity index (χ0n) is 13.7. The van der Waals surface area contributed by atoms with Gasteiger partial charge in [0.1, 0.15) is 11.6 Å². The van der Waals surface area contributed by atoms with Gasteiger partial charge < -0.3 is 9.80 Å². The Balaban J connectivity index is 1.68. The second-order valence-electron chi connectivity index (χ2n) is 6.24. The monoisotopic (exact) mass is 296 g/mol. The zero-order chi connectivity index (χ0) is 15.5. The van der Waals surface area contributed by atoms with Crippen molar-refractivity contribution in [3.63, 3.8) is 0 Å². The van der Waals surface area contributed by atoms with Crippen LogP contribution in [-0.4, -0.2) is 36.1 Å². The molecule has 0 bridgehead atoms. The van der Waals surface area contributed by atoms with E-state index in [4.69, 9.17) is 4.98 Å². The van der Waals surface area contributed by atoms with E-state index in [-0.39, 0.29) is 0 Å². The Kier molecular flexibility index (Phi) is 4.27. The van der Waals surface area contributed by atoms with Gasteiger partial charge in [0.25, 0.3) is 0 Å². The fourth-order valence-corrected chi connectivity index (χ4v) is 2.84. The average Bonchev–Trinajstić information content (AvgIpc) is 2.55. The summed E-state index contributed by atoms with van der Waals surface area (Å²) in [6, 6.07) is 10.8. The van der Waals surface area contributed by atoms with Gasteiger partial charge in [-0.3, -0.25) is 0 Å². The lowest BCUT2D eigenvalue weighted by molar-refractivity contribution is 0.642. The number of benzene rings is 1. The Labute approximate surface area is 132 Å².